The first-order valence-corrected chi connectivity index (χ1v) is 7.75. The molecule has 98 valence electrons. The molecule has 0 aromatic carbocycles. The van der Waals surface area contributed by atoms with E-state index in [9.17, 15) is 8.42 Å². The lowest BCUT2D eigenvalue weighted by Crippen LogP contribution is -2.35. The van der Waals surface area contributed by atoms with Gasteiger partial charge in [0.1, 0.15) is 16.9 Å². The summed E-state index contributed by atoms with van der Waals surface area (Å²) in [5.41, 5.74) is 0. The predicted octanol–water partition coefficient (Wildman–Crippen LogP) is 1.36. The fourth-order valence-corrected chi connectivity index (χ4v) is 4.14. The van der Waals surface area contributed by atoms with Gasteiger partial charge in [0.15, 0.2) is 0 Å². The van der Waals surface area contributed by atoms with Crippen molar-refractivity contribution >= 4 is 33.0 Å². The first-order chi connectivity index (χ1) is 8.47. The molecule has 2 rings (SSSR count). The Morgan fingerprint density at radius 1 is 1.56 bits per heavy atom. The molecule has 1 N–H and O–H groups in total. The summed E-state index contributed by atoms with van der Waals surface area (Å²) in [4.78, 5) is 3.79. The Morgan fingerprint density at radius 3 is 2.89 bits per heavy atom. The number of hydrogen-bond acceptors (Lipinski definition) is 5. The van der Waals surface area contributed by atoms with Gasteiger partial charge in [0.25, 0.3) is 0 Å². The van der Waals surface area contributed by atoms with Crippen LogP contribution >= 0.6 is 22.9 Å². The molecular formula is C9H11ClN4O2S2. The van der Waals surface area contributed by atoms with Crippen LogP contribution in [0.3, 0.4) is 0 Å². The maximum atomic E-state index is 12.0. The Balaban J connectivity index is 2.04. The summed E-state index contributed by atoms with van der Waals surface area (Å²) < 4.78 is 28.7. The summed E-state index contributed by atoms with van der Waals surface area (Å²) in [6.07, 6.45) is 2.94. The van der Waals surface area contributed by atoms with Gasteiger partial charge in [-0.1, -0.05) is 11.6 Å². The number of halogens is 1. The molecule has 0 amide bonds. The van der Waals surface area contributed by atoms with Crippen LogP contribution < -0.4 is 4.72 Å². The second-order valence-electron chi connectivity index (χ2n) is 3.70. The van der Waals surface area contributed by atoms with E-state index in [4.69, 9.17) is 11.6 Å². The SMILES string of the molecule is CC(Cn1cncn1)NS(=O)(=O)c1ccc(Cl)s1. The van der Waals surface area contributed by atoms with Gasteiger partial charge < -0.3 is 0 Å². The van der Waals surface area contributed by atoms with E-state index in [0.29, 0.717) is 10.9 Å². The smallest absolute Gasteiger partial charge is 0.250 e. The molecule has 0 saturated heterocycles. The van der Waals surface area contributed by atoms with Gasteiger partial charge in [-0.2, -0.15) is 5.10 Å². The quantitative estimate of drug-likeness (QED) is 0.905. The third-order valence-corrected chi connectivity index (χ3v) is 5.41. The highest BCUT2D eigenvalue weighted by molar-refractivity contribution is 7.91. The van der Waals surface area contributed by atoms with Crippen molar-refractivity contribution in [3.05, 3.63) is 29.1 Å². The zero-order valence-electron chi connectivity index (χ0n) is 9.45. The number of aromatic nitrogens is 3. The predicted molar refractivity (Wildman–Crippen MR) is 69.1 cm³/mol. The molecule has 0 fully saturated rings. The topological polar surface area (TPSA) is 76.9 Å². The largest absolute Gasteiger partial charge is 0.251 e. The molecule has 9 heteroatoms. The Bertz CT molecular complexity index is 608. The fraction of sp³-hybridized carbons (Fsp3) is 0.333. The number of hydrogen-bond donors (Lipinski definition) is 1. The van der Waals surface area contributed by atoms with Gasteiger partial charge in [0.05, 0.1) is 10.9 Å². The van der Waals surface area contributed by atoms with Crippen molar-refractivity contribution in [2.75, 3.05) is 0 Å². The van der Waals surface area contributed by atoms with Crippen LogP contribution in [0.1, 0.15) is 6.92 Å². The molecule has 0 spiro atoms. The first-order valence-electron chi connectivity index (χ1n) is 5.07. The summed E-state index contributed by atoms with van der Waals surface area (Å²) >= 11 is 6.75. The van der Waals surface area contributed by atoms with E-state index < -0.39 is 10.0 Å². The van der Waals surface area contributed by atoms with Gasteiger partial charge in [0.2, 0.25) is 10.0 Å². The highest BCUT2D eigenvalue weighted by Crippen LogP contribution is 2.25. The molecule has 0 saturated carbocycles. The second-order valence-corrected chi connectivity index (χ2v) is 7.35. The normalized spacial score (nSPS) is 13.7. The van der Waals surface area contributed by atoms with Crippen molar-refractivity contribution in [3.63, 3.8) is 0 Å². The zero-order valence-corrected chi connectivity index (χ0v) is 11.8. The van der Waals surface area contributed by atoms with Gasteiger partial charge in [-0.3, -0.25) is 4.68 Å². The Hall–Kier alpha value is -0.960. The summed E-state index contributed by atoms with van der Waals surface area (Å²) in [5.74, 6) is 0. The number of nitrogens with one attached hydrogen (secondary N) is 1. The van der Waals surface area contributed by atoms with E-state index in [-0.39, 0.29) is 10.3 Å². The van der Waals surface area contributed by atoms with Crippen LogP contribution in [-0.2, 0) is 16.6 Å². The zero-order chi connectivity index (χ0) is 13.2. The molecule has 0 aliphatic heterocycles. The van der Waals surface area contributed by atoms with Crippen molar-refractivity contribution in [1.29, 1.82) is 0 Å². The molecule has 0 radical (unpaired) electrons. The van der Waals surface area contributed by atoms with Crippen molar-refractivity contribution in [1.82, 2.24) is 19.5 Å². The van der Waals surface area contributed by atoms with Crippen LogP contribution in [0, 0.1) is 0 Å². The van der Waals surface area contributed by atoms with Gasteiger partial charge in [-0.05, 0) is 19.1 Å². The van der Waals surface area contributed by atoms with Crippen LogP contribution in [0.2, 0.25) is 4.34 Å². The molecule has 18 heavy (non-hydrogen) atoms. The van der Waals surface area contributed by atoms with Crippen molar-refractivity contribution in [2.24, 2.45) is 0 Å². The molecule has 1 atom stereocenters. The van der Waals surface area contributed by atoms with E-state index in [1.807, 2.05) is 0 Å². The molecule has 2 aromatic heterocycles. The van der Waals surface area contributed by atoms with Crippen molar-refractivity contribution in [2.45, 2.75) is 23.7 Å². The summed E-state index contributed by atoms with van der Waals surface area (Å²) in [5, 5.41) is 3.92. The summed E-state index contributed by atoms with van der Waals surface area (Å²) in [6.45, 7) is 2.17. The van der Waals surface area contributed by atoms with E-state index in [2.05, 4.69) is 14.8 Å². The van der Waals surface area contributed by atoms with E-state index in [0.717, 1.165) is 11.3 Å². The molecule has 6 nitrogen and oxygen atoms in total. The Morgan fingerprint density at radius 2 is 2.33 bits per heavy atom. The minimum absolute atomic E-state index is 0.206. The number of sulfonamides is 1. The standard InChI is InChI=1S/C9H11ClN4O2S2/c1-7(4-14-6-11-5-12-14)13-18(15,16)9-3-2-8(10)17-9/h2-3,5-7,13H,4H2,1H3. The third-order valence-electron chi connectivity index (χ3n) is 2.10. The van der Waals surface area contributed by atoms with Crippen LogP contribution in [-0.4, -0.2) is 29.2 Å². The average Bonchev–Trinajstić information content (AvgIpc) is 2.88. The minimum Gasteiger partial charge on any atom is -0.251 e. The molecule has 0 bridgehead atoms. The number of rotatable bonds is 5. The van der Waals surface area contributed by atoms with Crippen LogP contribution in [0.5, 0.6) is 0 Å². The fourth-order valence-electron chi connectivity index (χ4n) is 1.41. The van der Waals surface area contributed by atoms with E-state index in [1.54, 1.807) is 17.7 Å². The lowest BCUT2D eigenvalue weighted by atomic mass is 10.4. The molecular weight excluding hydrogens is 296 g/mol. The van der Waals surface area contributed by atoms with Crippen LogP contribution in [0.4, 0.5) is 0 Å². The lowest BCUT2D eigenvalue weighted by molar-refractivity contribution is 0.494. The van der Waals surface area contributed by atoms with Gasteiger partial charge in [-0.25, -0.2) is 18.1 Å². The number of thiophene rings is 1. The maximum Gasteiger partial charge on any atom is 0.250 e. The minimum atomic E-state index is -3.52. The molecule has 1 unspecified atom stereocenters. The summed E-state index contributed by atoms with van der Waals surface area (Å²) in [7, 11) is -3.52. The molecule has 2 heterocycles. The van der Waals surface area contributed by atoms with Crippen LogP contribution in [0.25, 0.3) is 0 Å². The summed E-state index contributed by atoms with van der Waals surface area (Å²) in [6, 6.07) is 2.75. The Labute approximate surface area is 114 Å². The highest BCUT2D eigenvalue weighted by Gasteiger charge is 2.19. The highest BCUT2D eigenvalue weighted by atomic mass is 35.5. The average molecular weight is 307 g/mol. The molecule has 0 aliphatic rings. The van der Waals surface area contributed by atoms with E-state index >= 15 is 0 Å². The van der Waals surface area contributed by atoms with Gasteiger partial charge >= 0.3 is 0 Å². The first kappa shape index (κ1) is 13.5. The van der Waals surface area contributed by atoms with Gasteiger partial charge in [0, 0.05) is 6.04 Å². The maximum absolute atomic E-state index is 12.0. The monoisotopic (exact) mass is 306 g/mol. The second kappa shape index (κ2) is 5.35. The third kappa shape index (κ3) is 3.29. The molecule has 2 aromatic rings. The van der Waals surface area contributed by atoms with Crippen molar-refractivity contribution < 1.29 is 8.42 Å². The van der Waals surface area contributed by atoms with Gasteiger partial charge in [-0.15, -0.1) is 11.3 Å². The Kier molecular flexibility index (Phi) is 4.00. The van der Waals surface area contributed by atoms with Crippen molar-refractivity contribution in [3.8, 4) is 0 Å². The van der Waals surface area contributed by atoms with E-state index in [1.165, 1.54) is 18.7 Å². The van der Waals surface area contributed by atoms with Crippen LogP contribution in [0.15, 0.2) is 29.0 Å². The molecule has 0 aliphatic carbocycles. The lowest BCUT2D eigenvalue weighted by Gasteiger charge is -2.12. The number of nitrogens with zero attached hydrogens (tertiary/aromatic N) is 3.